The van der Waals surface area contributed by atoms with Crippen LogP contribution in [-0.2, 0) is 0 Å². The van der Waals surface area contributed by atoms with E-state index in [1.807, 2.05) is 0 Å². The van der Waals surface area contributed by atoms with E-state index in [0.29, 0.717) is 17.8 Å². The maximum Gasteiger partial charge on any atom is 0.0793 e. The quantitative estimate of drug-likeness (QED) is 0.657. The van der Waals surface area contributed by atoms with Crippen molar-refractivity contribution in [3.05, 3.63) is 23.8 Å². The van der Waals surface area contributed by atoms with E-state index in [-0.39, 0.29) is 0 Å². The van der Waals surface area contributed by atoms with Crippen LogP contribution >= 0.6 is 0 Å². The van der Waals surface area contributed by atoms with Gasteiger partial charge in [0.1, 0.15) is 0 Å². The molecule has 0 spiro atoms. The van der Waals surface area contributed by atoms with E-state index in [0.717, 1.165) is 11.4 Å². The van der Waals surface area contributed by atoms with Crippen molar-refractivity contribution in [1.29, 1.82) is 0 Å². The third-order valence-corrected chi connectivity index (χ3v) is 2.98. The largest absolute Gasteiger partial charge is 0.154 e. The van der Waals surface area contributed by atoms with Crippen LogP contribution in [0.3, 0.4) is 0 Å². The van der Waals surface area contributed by atoms with Gasteiger partial charge in [0.15, 0.2) is 0 Å². The molecule has 0 radical (unpaired) electrons. The van der Waals surface area contributed by atoms with Crippen LogP contribution in [0.2, 0.25) is 0 Å². The standard InChI is InChI=1S/C13H18N2/c1-8(2)10-6-5-7-11-12(9(3)4)14-15-13(10)11/h5-10H,1-4H3. The van der Waals surface area contributed by atoms with Crippen LogP contribution in [-0.4, -0.2) is 11.4 Å². The van der Waals surface area contributed by atoms with Crippen molar-refractivity contribution in [2.24, 2.45) is 28.0 Å². The van der Waals surface area contributed by atoms with E-state index in [1.165, 1.54) is 5.57 Å². The smallest absolute Gasteiger partial charge is 0.0793 e. The average molecular weight is 202 g/mol. The first-order chi connectivity index (χ1) is 7.11. The Bertz CT molecular complexity index is 381. The topological polar surface area (TPSA) is 24.7 Å². The van der Waals surface area contributed by atoms with E-state index in [4.69, 9.17) is 0 Å². The number of allylic oxidation sites excluding steroid dienone is 4. The number of rotatable bonds is 2. The summed E-state index contributed by atoms with van der Waals surface area (Å²) in [7, 11) is 0. The van der Waals surface area contributed by atoms with Gasteiger partial charge in [0.2, 0.25) is 0 Å². The van der Waals surface area contributed by atoms with Gasteiger partial charge in [0, 0.05) is 11.5 Å². The molecule has 2 nitrogen and oxygen atoms in total. The van der Waals surface area contributed by atoms with Gasteiger partial charge < -0.3 is 0 Å². The first-order valence-electron chi connectivity index (χ1n) is 5.66. The summed E-state index contributed by atoms with van der Waals surface area (Å²) in [5.74, 6) is 1.48. The average Bonchev–Trinajstić information content (AvgIpc) is 2.59. The van der Waals surface area contributed by atoms with Crippen molar-refractivity contribution in [1.82, 2.24) is 0 Å². The number of nitrogens with zero attached hydrogens (tertiary/aromatic N) is 2. The van der Waals surface area contributed by atoms with Crippen molar-refractivity contribution in [2.75, 3.05) is 0 Å². The zero-order valence-electron chi connectivity index (χ0n) is 9.86. The molecule has 1 aliphatic heterocycles. The van der Waals surface area contributed by atoms with Crippen LogP contribution in [0.4, 0.5) is 0 Å². The molecule has 1 atom stereocenters. The molecule has 0 saturated carbocycles. The maximum absolute atomic E-state index is 4.35. The molecule has 15 heavy (non-hydrogen) atoms. The zero-order chi connectivity index (χ0) is 11.0. The SMILES string of the molecule is CC(C)C1=NN=C2C1=CC=CC2C(C)C. The van der Waals surface area contributed by atoms with Gasteiger partial charge in [0.05, 0.1) is 11.4 Å². The van der Waals surface area contributed by atoms with Crippen molar-refractivity contribution in [2.45, 2.75) is 27.7 Å². The molecule has 2 aliphatic rings. The fourth-order valence-electron chi connectivity index (χ4n) is 2.09. The lowest BCUT2D eigenvalue weighted by atomic mass is 9.81. The van der Waals surface area contributed by atoms with Gasteiger partial charge in [0.25, 0.3) is 0 Å². The van der Waals surface area contributed by atoms with Crippen LogP contribution in [0.15, 0.2) is 34.0 Å². The highest BCUT2D eigenvalue weighted by atomic mass is 15.2. The van der Waals surface area contributed by atoms with Crippen molar-refractivity contribution in [3.8, 4) is 0 Å². The van der Waals surface area contributed by atoms with E-state index >= 15 is 0 Å². The second-order valence-corrected chi connectivity index (χ2v) is 4.86. The highest BCUT2D eigenvalue weighted by Gasteiger charge is 2.30. The van der Waals surface area contributed by atoms with Crippen LogP contribution < -0.4 is 0 Å². The molecular weight excluding hydrogens is 184 g/mol. The van der Waals surface area contributed by atoms with Gasteiger partial charge in [-0.05, 0) is 11.8 Å². The molecule has 0 bridgehead atoms. The molecule has 2 rings (SSSR count). The maximum atomic E-state index is 4.35. The van der Waals surface area contributed by atoms with Gasteiger partial charge in [-0.15, -0.1) is 0 Å². The summed E-state index contributed by atoms with van der Waals surface area (Å²) >= 11 is 0. The summed E-state index contributed by atoms with van der Waals surface area (Å²) in [5.41, 5.74) is 3.56. The van der Waals surface area contributed by atoms with E-state index < -0.39 is 0 Å². The Morgan fingerprint density at radius 2 is 1.87 bits per heavy atom. The lowest BCUT2D eigenvalue weighted by Gasteiger charge is -2.21. The van der Waals surface area contributed by atoms with Gasteiger partial charge in [-0.2, -0.15) is 10.2 Å². The van der Waals surface area contributed by atoms with Crippen LogP contribution in [0, 0.1) is 17.8 Å². The Hall–Kier alpha value is -1.18. The minimum absolute atomic E-state index is 0.435. The van der Waals surface area contributed by atoms with E-state index in [2.05, 4.69) is 56.1 Å². The molecule has 2 heteroatoms. The Morgan fingerprint density at radius 1 is 1.13 bits per heavy atom. The highest BCUT2D eigenvalue weighted by molar-refractivity contribution is 6.29. The summed E-state index contributed by atoms with van der Waals surface area (Å²) in [6.45, 7) is 8.79. The van der Waals surface area contributed by atoms with Crippen molar-refractivity contribution < 1.29 is 0 Å². The van der Waals surface area contributed by atoms with E-state index in [9.17, 15) is 0 Å². The normalized spacial score (nSPS) is 24.1. The summed E-state index contributed by atoms with van der Waals surface area (Å²) in [5, 5.41) is 8.66. The fourth-order valence-corrected chi connectivity index (χ4v) is 2.09. The number of hydrogen-bond donors (Lipinski definition) is 0. The predicted molar refractivity (Wildman–Crippen MR) is 65.3 cm³/mol. The third-order valence-electron chi connectivity index (χ3n) is 2.98. The molecule has 1 heterocycles. The Labute approximate surface area is 91.5 Å². The summed E-state index contributed by atoms with van der Waals surface area (Å²) in [4.78, 5) is 0. The van der Waals surface area contributed by atoms with E-state index in [1.54, 1.807) is 0 Å². The van der Waals surface area contributed by atoms with Crippen LogP contribution in [0.25, 0.3) is 0 Å². The molecule has 0 aromatic heterocycles. The Balaban J connectivity index is 2.31. The zero-order valence-corrected chi connectivity index (χ0v) is 9.86. The molecule has 0 N–H and O–H groups in total. The molecule has 0 fully saturated rings. The molecule has 0 saturated heterocycles. The lowest BCUT2D eigenvalue weighted by Crippen LogP contribution is -2.24. The molecule has 1 aliphatic carbocycles. The summed E-state index contributed by atoms with van der Waals surface area (Å²) < 4.78 is 0. The summed E-state index contributed by atoms with van der Waals surface area (Å²) in [6, 6.07) is 0. The predicted octanol–water partition coefficient (Wildman–Crippen LogP) is 3.22. The first-order valence-corrected chi connectivity index (χ1v) is 5.66. The van der Waals surface area contributed by atoms with Gasteiger partial charge in [-0.25, -0.2) is 0 Å². The molecule has 1 unspecified atom stereocenters. The Kier molecular flexibility index (Phi) is 2.59. The Morgan fingerprint density at radius 3 is 2.47 bits per heavy atom. The van der Waals surface area contributed by atoms with Crippen LogP contribution in [0.5, 0.6) is 0 Å². The number of fused-ring (bicyclic) bond motifs is 1. The molecule has 0 aromatic rings. The minimum atomic E-state index is 0.435. The third kappa shape index (κ3) is 1.69. The minimum Gasteiger partial charge on any atom is -0.154 e. The molecular formula is C13H18N2. The second-order valence-electron chi connectivity index (χ2n) is 4.86. The molecule has 0 aromatic carbocycles. The molecule has 80 valence electrons. The second kappa shape index (κ2) is 3.76. The first kappa shape index (κ1) is 10.3. The highest BCUT2D eigenvalue weighted by Crippen LogP contribution is 2.29. The lowest BCUT2D eigenvalue weighted by molar-refractivity contribution is 0.576. The monoisotopic (exact) mass is 202 g/mol. The van der Waals surface area contributed by atoms with Gasteiger partial charge in [-0.1, -0.05) is 45.9 Å². The fraction of sp³-hybridized carbons (Fsp3) is 0.538. The number of hydrogen-bond acceptors (Lipinski definition) is 2. The van der Waals surface area contributed by atoms with Crippen molar-refractivity contribution in [3.63, 3.8) is 0 Å². The van der Waals surface area contributed by atoms with Crippen molar-refractivity contribution >= 4 is 11.4 Å². The van der Waals surface area contributed by atoms with Gasteiger partial charge >= 0.3 is 0 Å². The summed E-state index contributed by atoms with van der Waals surface area (Å²) in [6.07, 6.45) is 6.51. The van der Waals surface area contributed by atoms with Gasteiger partial charge in [-0.3, -0.25) is 0 Å². The van der Waals surface area contributed by atoms with Crippen LogP contribution in [0.1, 0.15) is 27.7 Å². The molecule has 0 amide bonds.